The van der Waals surface area contributed by atoms with Gasteiger partial charge in [-0.25, -0.2) is 4.79 Å². The number of aliphatic carboxylic acids is 1. The first-order valence-electron chi connectivity index (χ1n) is 11.7. The normalized spacial score (nSPS) is 23.4. The average Bonchev–Trinajstić information content (AvgIpc) is 3.12. The van der Waals surface area contributed by atoms with Crippen LogP contribution in [0.4, 0.5) is 0 Å². The van der Waals surface area contributed by atoms with Gasteiger partial charge in [0.15, 0.2) is 6.61 Å². The summed E-state index contributed by atoms with van der Waals surface area (Å²) >= 11 is 0. The van der Waals surface area contributed by atoms with Crippen molar-refractivity contribution in [3.8, 4) is 5.75 Å². The third-order valence-electron chi connectivity index (χ3n) is 6.36. The molecular formula is C25H40O4. The van der Waals surface area contributed by atoms with Crippen LogP contribution < -0.4 is 4.74 Å². The quantitative estimate of drug-likeness (QED) is 0.493. The van der Waals surface area contributed by atoms with Crippen molar-refractivity contribution in [1.82, 2.24) is 0 Å². The predicted molar refractivity (Wildman–Crippen MR) is 118 cm³/mol. The molecule has 164 valence electrons. The zero-order chi connectivity index (χ0) is 21.2. The summed E-state index contributed by atoms with van der Waals surface area (Å²) in [5.74, 6) is 1.72. The fourth-order valence-corrected chi connectivity index (χ4v) is 4.76. The topological polar surface area (TPSA) is 55.8 Å². The van der Waals surface area contributed by atoms with Gasteiger partial charge in [0.2, 0.25) is 0 Å². The van der Waals surface area contributed by atoms with E-state index in [-0.39, 0.29) is 6.61 Å². The first-order valence-corrected chi connectivity index (χ1v) is 11.7. The average molecular weight is 405 g/mol. The fourth-order valence-electron chi connectivity index (χ4n) is 4.76. The number of carbonyl (C=O) groups is 1. The van der Waals surface area contributed by atoms with Crippen molar-refractivity contribution in [3.05, 3.63) is 29.3 Å². The Balaban J connectivity index is 0.00000145. The van der Waals surface area contributed by atoms with E-state index in [9.17, 15) is 4.79 Å². The number of benzene rings is 1. The van der Waals surface area contributed by atoms with Crippen molar-refractivity contribution in [1.29, 1.82) is 0 Å². The van der Waals surface area contributed by atoms with E-state index in [4.69, 9.17) is 14.6 Å². The van der Waals surface area contributed by atoms with Gasteiger partial charge in [-0.15, -0.1) is 0 Å². The van der Waals surface area contributed by atoms with E-state index in [1.807, 2.05) is 26.0 Å². The highest BCUT2D eigenvalue weighted by Crippen LogP contribution is 2.42. The van der Waals surface area contributed by atoms with Gasteiger partial charge in [0, 0.05) is 0 Å². The summed E-state index contributed by atoms with van der Waals surface area (Å²) in [6.07, 6.45) is 10.1. The van der Waals surface area contributed by atoms with Crippen LogP contribution in [0.2, 0.25) is 0 Å². The van der Waals surface area contributed by atoms with Crippen LogP contribution in [-0.2, 0) is 22.4 Å². The van der Waals surface area contributed by atoms with E-state index >= 15 is 0 Å². The molecule has 4 heteroatoms. The number of ether oxygens (including phenoxy) is 2. The van der Waals surface area contributed by atoms with Crippen molar-refractivity contribution >= 4 is 5.97 Å². The van der Waals surface area contributed by atoms with E-state index in [1.54, 1.807) is 0 Å². The van der Waals surface area contributed by atoms with Gasteiger partial charge in [0.05, 0.1) is 12.7 Å². The minimum Gasteiger partial charge on any atom is -0.482 e. The second kappa shape index (κ2) is 12.2. The lowest BCUT2D eigenvalue weighted by molar-refractivity contribution is -0.139. The van der Waals surface area contributed by atoms with Gasteiger partial charge >= 0.3 is 5.97 Å². The molecule has 0 aromatic heterocycles. The molecule has 1 aliphatic carbocycles. The Morgan fingerprint density at radius 1 is 1.24 bits per heavy atom. The number of hydrogen-bond donors (Lipinski definition) is 1. The third-order valence-corrected chi connectivity index (χ3v) is 6.36. The number of unbranched alkanes of at least 4 members (excludes halogenated alkanes) is 2. The molecule has 1 N–H and O–H groups in total. The monoisotopic (exact) mass is 404 g/mol. The maximum Gasteiger partial charge on any atom is 0.341 e. The molecule has 1 aromatic carbocycles. The van der Waals surface area contributed by atoms with Crippen molar-refractivity contribution in [2.45, 2.75) is 85.2 Å². The molecule has 0 bridgehead atoms. The van der Waals surface area contributed by atoms with Crippen LogP contribution in [-0.4, -0.2) is 30.4 Å². The molecule has 4 atom stereocenters. The molecule has 1 saturated heterocycles. The molecule has 3 rings (SSSR count). The minimum atomic E-state index is -0.932. The summed E-state index contributed by atoms with van der Waals surface area (Å²) in [4.78, 5) is 10.8. The molecule has 4 nitrogen and oxygen atoms in total. The van der Waals surface area contributed by atoms with Crippen molar-refractivity contribution in [3.63, 3.8) is 0 Å². The van der Waals surface area contributed by atoms with Crippen molar-refractivity contribution in [2.75, 3.05) is 13.2 Å². The Labute approximate surface area is 177 Å². The SMILES string of the molecule is CC.CCCCC[C@H](C)CC[C@H]1OC[C@@H]2Cc3c(cccc3OCC(=O)O)C[C@@H]21. The van der Waals surface area contributed by atoms with Gasteiger partial charge in [-0.05, 0) is 60.6 Å². The summed E-state index contributed by atoms with van der Waals surface area (Å²) in [6.45, 7) is 9.19. The molecule has 0 spiro atoms. The van der Waals surface area contributed by atoms with Gasteiger partial charge in [-0.2, -0.15) is 0 Å². The van der Waals surface area contributed by atoms with E-state index in [0.29, 0.717) is 17.9 Å². The predicted octanol–water partition coefficient (Wildman–Crippen LogP) is 5.90. The van der Waals surface area contributed by atoms with Crippen LogP contribution in [0, 0.1) is 17.8 Å². The lowest BCUT2D eigenvalue weighted by Gasteiger charge is -2.30. The van der Waals surface area contributed by atoms with Gasteiger partial charge in [0.25, 0.3) is 0 Å². The Morgan fingerprint density at radius 2 is 2.03 bits per heavy atom. The van der Waals surface area contributed by atoms with E-state index in [1.165, 1.54) is 49.7 Å². The number of rotatable bonds is 10. The molecule has 0 radical (unpaired) electrons. The number of carboxylic acids is 1. The summed E-state index contributed by atoms with van der Waals surface area (Å²) < 4.78 is 11.7. The van der Waals surface area contributed by atoms with E-state index in [2.05, 4.69) is 19.9 Å². The number of carboxylic acid groups (broad SMARTS) is 1. The van der Waals surface area contributed by atoms with Crippen LogP contribution >= 0.6 is 0 Å². The Kier molecular flexibility index (Phi) is 9.99. The van der Waals surface area contributed by atoms with Gasteiger partial charge in [0.1, 0.15) is 5.75 Å². The molecule has 2 aliphatic rings. The molecule has 1 fully saturated rings. The van der Waals surface area contributed by atoms with Gasteiger partial charge < -0.3 is 14.6 Å². The van der Waals surface area contributed by atoms with Crippen LogP contribution in [0.1, 0.15) is 77.3 Å². The smallest absolute Gasteiger partial charge is 0.341 e. The highest BCUT2D eigenvalue weighted by Gasteiger charge is 2.40. The second-order valence-corrected chi connectivity index (χ2v) is 8.46. The molecule has 29 heavy (non-hydrogen) atoms. The summed E-state index contributed by atoms with van der Waals surface area (Å²) in [5.41, 5.74) is 2.50. The summed E-state index contributed by atoms with van der Waals surface area (Å²) in [5, 5.41) is 8.89. The third kappa shape index (κ3) is 6.74. The van der Waals surface area contributed by atoms with Crippen LogP contribution in [0.15, 0.2) is 18.2 Å². The minimum absolute atomic E-state index is 0.278. The highest BCUT2D eigenvalue weighted by molar-refractivity contribution is 5.68. The number of hydrogen-bond acceptors (Lipinski definition) is 3. The van der Waals surface area contributed by atoms with Crippen LogP contribution in [0.25, 0.3) is 0 Å². The van der Waals surface area contributed by atoms with Gasteiger partial charge in [-0.1, -0.05) is 65.5 Å². The Hall–Kier alpha value is -1.55. The first kappa shape index (κ1) is 23.7. The van der Waals surface area contributed by atoms with Crippen molar-refractivity contribution in [2.24, 2.45) is 17.8 Å². The Bertz CT molecular complexity index is 627. The molecule has 1 aliphatic heterocycles. The summed E-state index contributed by atoms with van der Waals surface area (Å²) in [6, 6.07) is 6.05. The lowest BCUT2D eigenvalue weighted by atomic mass is 9.74. The molecule has 1 heterocycles. The molecule has 0 saturated carbocycles. The van der Waals surface area contributed by atoms with E-state index < -0.39 is 5.97 Å². The lowest BCUT2D eigenvalue weighted by Crippen LogP contribution is -2.29. The molecule has 0 unspecified atom stereocenters. The summed E-state index contributed by atoms with van der Waals surface area (Å²) in [7, 11) is 0. The maximum absolute atomic E-state index is 10.8. The van der Waals surface area contributed by atoms with Crippen molar-refractivity contribution < 1.29 is 19.4 Å². The number of fused-ring (bicyclic) bond motifs is 2. The molecule has 1 aromatic rings. The molecular weight excluding hydrogens is 364 g/mol. The second-order valence-electron chi connectivity index (χ2n) is 8.46. The zero-order valence-corrected chi connectivity index (χ0v) is 18.8. The molecule has 0 amide bonds. The van der Waals surface area contributed by atoms with Gasteiger partial charge in [-0.3, -0.25) is 0 Å². The first-order chi connectivity index (χ1) is 14.1. The fraction of sp³-hybridized carbons (Fsp3) is 0.720. The maximum atomic E-state index is 10.8. The standard InChI is InChI=1S/C23H34O4.C2H6/c1-3-4-5-7-16(2)10-11-22-20-12-17-8-6-9-21(27-15-23(24)25)19(17)13-18(20)14-26-22;1-2/h6,8-9,16,18,20,22H,3-5,7,10-15H2,1-2H3,(H,24,25);1-2H3/t16-,18-,20-,22+;/m0./s1. The van der Waals surface area contributed by atoms with Crippen LogP contribution in [0.5, 0.6) is 5.75 Å². The zero-order valence-electron chi connectivity index (χ0n) is 18.8. The highest BCUT2D eigenvalue weighted by atomic mass is 16.5. The van der Waals surface area contributed by atoms with Crippen LogP contribution in [0.3, 0.4) is 0 Å². The van der Waals surface area contributed by atoms with E-state index in [0.717, 1.165) is 31.1 Å². The largest absolute Gasteiger partial charge is 0.482 e. The Morgan fingerprint density at radius 3 is 2.76 bits per heavy atom.